The molecule has 0 bridgehead atoms. The number of nitrogens with one attached hydrogen (secondary N) is 1. The number of ether oxygens (including phenoxy) is 1. The fourth-order valence-corrected chi connectivity index (χ4v) is 5.04. The lowest BCUT2D eigenvalue weighted by molar-refractivity contribution is -0.0502. The number of halogens is 1. The van der Waals surface area contributed by atoms with Gasteiger partial charge < -0.3 is 15.0 Å². The average Bonchev–Trinajstić information content (AvgIpc) is 3.17. The van der Waals surface area contributed by atoms with Crippen LogP contribution in [-0.4, -0.2) is 67.7 Å². The first kappa shape index (κ1) is 21.6. The highest BCUT2D eigenvalue weighted by Crippen LogP contribution is 2.34. The third-order valence-corrected chi connectivity index (χ3v) is 6.62. The lowest BCUT2D eigenvalue weighted by atomic mass is 9.78. The van der Waals surface area contributed by atoms with E-state index in [-0.39, 0.29) is 30.1 Å². The van der Waals surface area contributed by atoms with Gasteiger partial charge >= 0.3 is 0 Å². The number of nitrogens with zero attached hydrogens (tertiary/aromatic N) is 3. The highest BCUT2D eigenvalue weighted by molar-refractivity contribution is 14.0. The highest BCUT2D eigenvalue weighted by atomic mass is 127. The van der Waals surface area contributed by atoms with Gasteiger partial charge in [-0.25, -0.2) is 0 Å². The highest BCUT2D eigenvalue weighted by Gasteiger charge is 2.41. The molecule has 0 aromatic heterocycles. The number of rotatable bonds is 4. The van der Waals surface area contributed by atoms with Crippen molar-refractivity contribution in [3.8, 4) is 0 Å². The zero-order chi connectivity index (χ0) is 19.6. The molecule has 2 saturated heterocycles. The summed E-state index contributed by atoms with van der Waals surface area (Å²) in [6.07, 6.45) is 1.43. The van der Waals surface area contributed by atoms with E-state index in [0.29, 0.717) is 12.0 Å². The molecule has 5 nitrogen and oxygen atoms in total. The van der Waals surface area contributed by atoms with Gasteiger partial charge in [0.25, 0.3) is 0 Å². The zero-order valence-electron chi connectivity index (χ0n) is 17.5. The number of hydrogen-bond acceptors (Lipinski definition) is 3. The Kier molecular flexibility index (Phi) is 6.95. The molecule has 1 N–H and O–H groups in total. The molecule has 2 heterocycles. The van der Waals surface area contributed by atoms with E-state index < -0.39 is 0 Å². The Morgan fingerprint density at radius 2 is 1.90 bits per heavy atom. The number of guanidine groups is 1. The van der Waals surface area contributed by atoms with Gasteiger partial charge in [0.1, 0.15) is 0 Å². The summed E-state index contributed by atoms with van der Waals surface area (Å²) < 4.78 is 6.13. The molecule has 2 fully saturated rings. The van der Waals surface area contributed by atoms with Gasteiger partial charge in [-0.1, -0.05) is 54.6 Å². The van der Waals surface area contributed by atoms with Crippen LogP contribution in [0.25, 0.3) is 0 Å². The van der Waals surface area contributed by atoms with E-state index in [4.69, 9.17) is 4.74 Å². The van der Waals surface area contributed by atoms with E-state index in [9.17, 15) is 0 Å². The monoisotopic (exact) mass is 518 g/mol. The second kappa shape index (κ2) is 9.66. The Hall–Kier alpha value is -1.64. The van der Waals surface area contributed by atoms with E-state index in [0.717, 1.165) is 45.3 Å². The quantitative estimate of drug-likeness (QED) is 0.384. The van der Waals surface area contributed by atoms with Crippen LogP contribution in [0.4, 0.5) is 0 Å². The fourth-order valence-electron chi connectivity index (χ4n) is 5.04. The SMILES string of the molecule is CN=C(NCC1Cc2ccccc21)N1CC2OCCN(Cc3ccccc3)C2C1.I. The van der Waals surface area contributed by atoms with E-state index >= 15 is 0 Å². The Morgan fingerprint density at radius 3 is 2.70 bits per heavy atom. The van der Waals surface area contributed by atoms with Crippen molar-refractivity contribution in [1.82, 2.24) is 15.1 Å². The molecular weight excluding hydrogens is 487 g/mol. The Bertz CT molecular complexity index is 875. The van der Waals surface area contributed by atoms with Crippen LogP contribution < -0.4 is 5.32 Å². The molecule has 2 aromatic carbocycles. The maximum absolute atomic E-state index is 6.13. The van der Waals surface area contributed by atoms with Crippen molar-refractivity contribution >= 4 is 29.9 Å². The summed E-state index contributed by atoms with van der Waals surface area (Å²) >= 11 is 0. The van der Waals surface area contributed by atoms with E-state index in [2.05, 4.69) is 74.7 Å². The molecule has 0 spiro atoms. The minimum atomic E-state index is 0. The summed E-state index contributed by atoms with van der Waals surface area (Å²) in [5.41, 5.74) is 4.35. The van der Waals surface area contributed by atoms with Crippen molar-refractivity contribution in [2.24, 2.45) is 4.99 Å². The maximum atomic E-state index is 6.13. The number of aliphatic imine (C=N–C) groups is 1. The van der Waals surface area contributed by atoms with Crippen LogP contribution in [0.15, 0.2) is 59.6 Å². The molecule has 2 aromatic rings. The summed E-state index contributed by atoms with van der Waals surface area (Å²) in [7, 11) is 1.89. The van der Waals surface area contributed by atoms with Gasteiger partial charge in [-0.05, 0) is 23.1 Å². The van der Waals surface area contributed by atoms with Crippen LogP contribution in [0.1, 0.15) is 22.6 Å². The van der Waals surface area contributed by atoms with Crippen molar-refractivity contribution in [1.29, 1.82) is 0 Å². The van der Waals surface area contributed by atoms with Gasteiger partial charge in [-0.15, -0.1) is 24.0 Å². The molecular formula is C24H31IN4O. The Balaban J connectivity index is 0.00000218. The van der Waals surface area contributed by atoms with Crippen molar-refractivity contribution in [2.75, 3.05) is 39.8 Å². The van der Waals surface area contributed by atoms with Gasteiger partial charge in [0.15, 0.2) is 5.96 Å². The Morgan fingerprint density at radius 1 is 1.10 bits per heavy atom. The smallest absolute Gasteiger partial charge is 0.193 e. The van der Waals surface area contributed by atoms with E-state index in [1.165, 1.54) is 23.1 Å². The number of likely N-dealkylation sites (tertiary alicyclic amines) is 1. The topological polar surface area (TPSA) is 40.1 Å². The minimum Gasteiger partial charge on any atom is -0.373 e. The largest absolute Gasteiger partial charge is 0.373 e. The average molecular weight is 518 g/mol. The molecule has 5 rings (SSSR count). The van der Waals surface area contributed by atoms with Crippen LogP contribution in [0.3, 0.4) is 0 Å². The minimum absolute atomic E-state index is 0. The van der Waals surface area contributed by atoms with E-state index in [1.807, 2.05) is 7.05 Å². The van der Waals surface area contributed by atoms with Crippen molar-refractivity contribution < 1.29 is 4.74 Å². The summed E-state index contributed by atoms with van der Waals surface area (Å²) in [6.45, 7) is 5.63. The zero-order valence-corrected chi connectivity index (χ0v) is 19.9. The van der Waals surface area contributed by atoms with Gasteiger partial charge in [0.05, 0.1) is 18.8 Å². The number of hydrogen-bond donors (Lipinski definition) is 1. The molecule has 3 aliphatic rings. The second-order valence-corrected chi connectivity index (χ2v) is 8.37. The molecule has 6 heteroatoms. The molecule has 0 amide bonds. The third kappa shape index (κ3) is 4.36. The maximum Gasteiger partial charge on any atom is 0.193 e. The van der Waals surface area contributed by atoms with Gasteiger partial charge in [-0.2, -0.15) is 0 Å². The Labute approximate surface area is 196 Å². The normalized spacial score (nSPS) is 25.7. The molecule has 1 aliphatic carbocycles. The lowest BCUT2D eigenvalue weighted by Crippen LogP contribution is -2.50. The summed E-state index contributed by atoms with van der Waals surface area (Å²) in [6, 6.07) is 20.0. The molecule has 30 heavy (non-hydrogen) atoms. The van der Waals surface area contributed by atoms with Crippen LogP contribution in [0.2, 0.25) is 0 Å². The van der Waals surface area contributed by atoms with Crippen LogP contribution in [0.5, 0.6) is 0 Å². The van der Waals surface area contributed by atoms with E-state index in [1.54, 1.807) is 0 Å². The van der Waals surface area contributed by atoms with Crippen molar-refractivity contribution in [2.45, 2.75) is 31.0 Å². The molecule has 0 saturated carbocycles. The molecule has 3 atom stereocenters. The van der Waals surface area contributed by atoms with Crippen molar-refractivity contribution in [3.63, 3.8) is 0 Å². The van der Waals surface area contributed by atoms with Gasteiger partial charge in [0, 0.05) is 45.7 Å². The molecule has 0 radical (unpaired) electrons. The van der Waals surface area contributed by atoms with Gasteiger partial charge in [-0.3, -0.25) is 9.89 Å². The summed E-state index contributed by atoms with van der Waals surface area (Å²) in [5, 5.41) is 3.63. The van der Waals surface area contributed by atoms with Gasteiger partial charge in [0.2, 0.25) is 0 Å². The van der Waals surface area contributed by atoms with Crippen molar-refractivity contribution in [3.05, 3.63) is 71.3 Å². The molecule has 2 aliphatic heterocycles. The standard InChI is InChI=1S/C24H30N4O.HI/c1-25-24(26-14-20-13-19-9-5-6-10-21(19)20)28-16-22-23(17-28)29-12-11-27(22)15-18-7-3-2-4-8-18;/h2-10,20,22-23H,11-17H2,1H3,(H,25,26);1H. The second-order valence-electron chi connectivity index (χ2n) is 8.37. The lowest BCUT2D eigenvalue weighted by Gasteiger charge is -2.36. The first-order chi connectivity index (χ1) is 14.3. The first-order valence-corrected chi connectivity index (χ1v) is 10.7. The fraction of sp³-hybridized carbons (Fsp3) is 0.458. The first-order valence-electron chi connectivity index (χ1n) is 10.7. The van der Waals surface area contributed by atoms with Crippen LogP contribution in [0, 0.1) is 0 Å². The van der Waals surface area contributed by atoms with Crippen LogP contribution in [-0.2, 0) is 17.7 Å². The molecule has 160 valence electrons. The predicted molar refractivity (Wildman–Crippen MR) is 132 cm³/mol. The number of morpholine rings is 1. The summed E-state index contributed by atoms with van der Waals surface area (Å²) in [4.78, 5) is 9.54. The molecule has 3 unspecified atom stereocenters. The predicted octanol–water partition coefficient (Wildman–Crippen LogP) is 3.10. The number of benzene rings is 2. The summed E-state index contributed by atoms with van der Waals surface area (Å²) in [5.74, 6) is 1.60. The van der Waals surface area contributed by atoms with Crippen LogP contribution >= 0.6 is 24.0 Å². The number of fused-ring (bicyclic) bond motifs is 2. The third-order valence-electron chi connectivity index (χ3n) is 6.62.